The van der Waals surface area contributed by atoms with Crippen LogP contribution < -0.4 is 0 Å². The normalized spacial score (nSPS) is 13.7. The molecule has 1 unspecified atom stereocenters. The van der Waals surface area contributed by atoms with E-state index in [4.69, 9.17) is 18.5 Å². The number of carbonyl (C=O) groups excluding carboxylic acids is 2. The van der Waals surface area contributed by atoms with E-state index in [1.54, 1.807) is 26.8 Å². The zero-order valence-electron chi connectivity index (χ0n) is 14.1. The molecule has 0 amide bonds. The Hall–Kier alpha value is -1.43. The van der Waals surface area contributed by atoms with E-state index in [0.29, 0.717) is 6.42 Å². The average molecular weight is 348 g/mol. The molecule has 0 saturated heterocycles. The summed E-state index contributed by atoms with van der Waals surface area (Å²) in [6.07, 6.45) is 1.92. The van der Waals surface area contributed by atoms with Gasteiger partial charge in [0.2, 0.25) is 13.6 Å². The van der Waals surface area contributed by atoms with Crippen molar-refractivity contribution in [1.82, 2.24) is 0 Å². The van der Waals surface area contributed by atoms with Crippen LogP contribution in [0.5, 0.6) is 0 Å². The number of ether oxygens (including phenoxy) is 2. The van der Waals surface area contributed by atoms with Crippen LogP contribution in [0.25, 0.3) is 0 Å². The zero-order valence-corrected chi connectivity index (χ0v) is 15.0. The molecule has 8 heteroatoms. The van der Waals surface area contributed by atoms with Gasteiger partial charge in [-0.15, -0.1) is 6.58 Å². The molecule has 0 aliphatic heterocycles. The summed E-state index contributed by atoms with van der Waals surface area (Å²) < 4.78 is 32.2. The lowest BCUT2D eigenvalue weighted by atomic mass is 9.98. The third-order valence-corrected chi connectivity index (χ3v) is 4.25. The van der Waals surface area contributed by atoms with Crippen LogP contribution in [-0.2, 0) is 32.7 Å². The Morgan fingerprint density at radius 3 is 2.09 bits per heavy atom. The van der Waals surface area contributed by atoms with Crippen LogP contribution in [0, 0.1) is 5.41 Å². The number of hydrogen-bond acceptors (Lipinski definition) is 7. The second-order valence-corrected chi connectivity index (χ2v) is 7.99. The second kappa shape index (κ2) is 9.65. The zero-order chi connectivity index (χ0) is 18.1. The molecule has 23 heavy (non-hydrogen) atoms. The van der Waals surface area contributed by atoms with Gasteiger partial charge in [0.25, 0.3) is 0 Å². The molecular weight excluding hydrogens is 323 g/mol. The van der Waals surface area contributed by atoms with Crippen LogP contribution in [0.2, 0.25) is 0 Å². The third-order valence-electron chi connectivity index (χ3n) is 2.45. The number of rotatable bonds is 10. The van der Waals surface area contributed by atoms with Gasteiger partial charge in [-0.25, -0.2) is 4.79 Å². The molecule has 0 saturated carbocycles. The third kappa shape index (κ3) is 9.33. The largest absolute Gasteiger partial charge is 0.438 e. The Bertz CT molecular complexity index is 491. The maximum atomic E-state index is 12.5. The average Bonchev–Trinajstić information content (AvgIpc) is 2.43. The first-order chi connectivity index (χ1) is 10.5. The van der Waals surface area contributed by atoms with Crippen LogP contribution in [0.1, 0.15) is 34.1 Å². The van der Waals surface area contributed by atoms with E-state index in [1.165, 1.54) is 6.92 Å². The highest BCUT2D eigenvalue weighted by Gasteiger charge is 2.27. The molecule has 0 aliphatic carbocycles. The molecular formula is C15H25O7P. The fourth-order valence-electron chi connectivity index (χ4n) is 1.08. The smallest absolute Gasteiger partial charge is 0.336 e. The van der Waals surface area contributed by atoms with Crippen molar-refractivity contribution in [3.63, 3.8) is 0 Å². The van der Waals surface area contributed by atoms with Crippen molar-refractivity contribution in [1.29, 1.82) is 0 Å². The summed E-state index contributed by atoms with van der Waals surface area (Å²) in [4.78, 5) is 22.9. The molecule has 0 aliphatic rings. The predicted octanol–water partition coefficient (Wildman–Crippen LogP) is 3.41. The van der Waals surface area contributed by atoms with Gasteiger partial charge >= 0.3 is 19.5 Å². The molecule has 0 fully saturated rings. The summed E-state index contributed by atoms with van der Waals surface area (Å²) in [6.45, 7) is 12.4. The number of esters is 2. The SMILES string of the molecule is C=CCCP(=O)(OCOC(=O)C(=C)C)OCOC(=O)C(C)(C)C. The molecule has 0 aromatic heterocycles. The number of hydrogen-bond donors (Lipinski definition) is 0. The molecule has 0 spiro atoms. The van der Waals surface area contributed by atoms with Crippen molar-refractivity contribution in [3.8, 4) is 0 Å². The van der Waals surface area contributed by atoms with Gasteiger partial charge in [-0.2, -0.15) is 0 Å². The molecule has 7 nitrogen and oxygen atoms in total. The van der Waals surface area contributed by atoms with Crippen molar-refractivity contribution in [2.45, 2.75) is 34.1 Å². The van der Waals surface area contributed by atoms with Crippen LogP contribution in [0.3, 0.4) is 0 Å². The first-order valence-corrected chi connectivity index (χ1v) is 8.73. The highest BCUT2D eigenvalue weighted by molar-refractivity contribution is 7.53. The van der Waals surface area contributed by atoms with Crippen molar-refractivity contribution in [3.05, 3.63) is 24.8 Å². The fraction of sp³-hybridized carbons (Fsp3) is 0.600. The van der Waals surface area contributed by atoms with Gasteiger partial charge in [-0.3, -0.25) is 18.4 Å². The summed E-state index contributed by atoms with van der Waals surface area (Å²) in [6, 6.07) is 0. The van der Waals surface area contributed by atoms with E-state index < -0.39 is 38.5 Å². The summed E-state index contributed by atoms with van der Waals surface area (Å²) in [5.74, 6) is -1.17. The number of allylic oxidation sites excluding steroid dienone is 1. The van der Waals surface area contributed by atoms with E-state index in [0.717, 1.165) is 0 Å². The number of carbonyl (C=O) groups is 2. The minimum absolute atomic E-state index is 0.0220. The van der Waals surface area contributed by atoms with Crippen molar-refractivity contribution >= 4 is 19.5 Å². The fourth-order valence-corrected chi connectivity index (χ4v) is 2.33. The first-order valence-electron chi connectivity index (χ1n) is 7.01. The molecule has 0 heterocycles. The van der Waals surface area contributed by atoms with E-state index in [-0.39, 0.29) is 11.7 Å². The highest BCUT2D eigenvalue weighted by atomic mass is 31.2. The topological polar surface area (TPSA) is 88.1 Å². The lowest BCUT2D eigenvalue weighted by Crippen LogP contribution is -2.24. The van der Waals surface area contributed by atoms with Crippen molar-refractivity contribution in [2.24, 2.45) is 5.41 Å². The Morgan fingerprint density at radius 1 is 1.13 bits per heavy atom. The highest BCUT2D eigenvalue weighted by Crippen LogP contribution is 2.48. The Morgan fingerprint density at radius 2 is 1.65 bits per heavy atom. The van der Waals surface area contributed by atoms with E-state index >= 15 is 0 Å². The lowest BCUT2D eigenvalue weighted by molar-refractivity contribution is -0.160. The van der Waals surface area contributed by atoms with E-state index in [1.807, 2.05) is 0 Å². The minimum atomic E-state index is -3.59. The van der Waals surface area contributed by atoms with Crippen LogP contribution in [0.4, 0.5) is 0 Å². The predicted molar refractivity (Wildman–Crippen MR) is 85.6 cm³/mol. The maximum absolute atomic E-state index is 12.5. The van der Waals surface area contributed by atoms with Gasteiger partial charge in [0.1, 0.15) is 0 Å². The van der Waals surface area contributed by atoms with E-state index in [9.17, 15) is 14.2 Å². The van der Waals surface area contributed by atoms with Gasteiger partial charge in [-0.05, 0) is 34.1 Å². The van der Waals surface area contributed by atoms with Crippen molar-refractivity contribution in [2.75, 3.05) is 19.7 Å². The standard InChI is InChI=1S/C15H25O7P/c1-7-8-9-23(18,21-10-19-13(16)12(2)3)22-11-20-14(17)15(4,5)6/h7H,1-2,8-11H2,3-6H3. The molecule has 0 aromatic rings. The molecule has 0 rings (SSSR count). The summed E-state index contributed by atoms with van der Waals surface area (Å²) in [5, 5.41) is 0. The summed E-state index contributed by atoms with van der Waals surface area (Å²) in [7, 11) is -3.59. The van der Waals surface area contributed by atoms with Gasteiger partial charge in [0.05, 0.1) is 11.6 Å². The Kier molecular flexibility index (Phi) is 9.05. The van der Waals surface area contributed by atoms with Gasteiger partial charge < -0.3 is 9.47 Å². The van der Waals surface area contributed by atoms with E-state index in [2.05, 4.69) is 13.2 Å². The van der Waals surface area contributed by atoms with Crippen LogP contribution in [-0.4, -0.2) is 31.7 Å². The lowest BCUT2D eigenvalue weighted by Gasteiger charge is -2.20. The summed E-state index contributed by atoms with van der Waals surface area (Å²) in [5.41, 5.74) is -0.513. The quantitative estimate of drug-likeness (QED) is 0.196. The van der Waals surface area contributed by atoms with Gasteiger partial charge in [0.15, 0.2) is 0 Å². The molecule has 0 aromatic carbocycles. The van der Waals surface area contributed by atoms with Crippen molar-refractivity contribution < 1.29 is 32.7 Å². The van der Waals surface area contributed by atoms with Crippen LogP contribution >= 0.6 is 7.60 Å². The Balaban J connectivity index is 4.50. The molecule has 0 radical (unpaired) electrons. The Labute approximate surface area is 137 Å². The molecule has 132 valence electrons. The summed E-state index contributed by atoms with van der Waals surface area (Å²) >= 11 is 0. The molecule has 0 N–H and O–H groups in total. The first kappa shape index (κ1) is 21.6. The van der Waals surface area contributed by atoms with Crippen LogP contribution in [0.15, 0.2) is 24.8 Å². The van der Waals surface area contributed by atoms with Gasteiger partial charge in [-0.1, -0.05) is 12.7 Å². The molecule has 1 atom stereocenters. The maximum Gasteiger partial charge on any atom is 0.336 e. The monoisotopic (exact) mass is 348 g/mol. The van der Waals surface area contributed by atoms with Gasteiger partial charge in [0, 0.05) is 5.57 Å². The molecule has 0 bridgehead atoms. The second-order valence-electron chi connectivity index (χ2n) is 5.80. The minimum Gasteiger partial charge on any atom is -0.438 e.